The van der Waals surface area contributed by atoms with Crippen LogP contribution >= 0.6 is 0 Å². The van der Waals surface area contributed by atoms with E-state index in [1.165, 1.54) is 0 Å². The van der Waals surface area contributed by atoms with Crippen molar-refractivity contribution in [3.05, 3.63) is 0 Å². The Bertz CT molecular complexity index is 201. The van der Waals surface area contributed by atoms with Crippen molar-refractivity contribution in [1.82, 2.24) is 0 Å². The van der Waals surface area contributed by atoms with Gasteiger partial charge in [0.05, 0.1) is 0 Å². The first-order valence-corrected chi connectivity index (χ1v) is 4.48. The first kappa shape index (κ1) is 9.23. The van der Waals surface area contributed by atoms with Crippen molar-refractivity contribution in [3.8, 4) is 0 Å². The van der Waals surface area contributed by atoms with Crippen LogP contribution in [0.5, 0.6) is 0 Å². The molecule has 12 heavy (non-hydrogen) atoms. The minimum atomic E-state index is -0.767. The minimum absolute atomic E-state index is 0.0764. The molecule has 1 aliphatic rings. The van der Waals surface area contributed by atoms with Gasteiger partial charge in [-0.1, -0.05) is 13.3 Å². The van der Waals surface area contributed by atoms with E-state index in [4.69, 9.17) is 5.73 Å². The fraction of sp³-hybridized carbons (Fsp3) is 0.778. The first-order chi connectivity index (χ1) is 5.65. The summed E-state index contributed by atoms with van der Waals surface area (Å²) in [6.07, 6.45) is 3.88. The summed E-state index contributed by atoms with van der Waals surface area (Å²) in [4.78, 5) is 21.7. The Hall–Kier alpha value is -0.860. The maximum Gasteiger partial charge on any atom is 0.285 e. The highest BCUT2D eigenvalue weighted by Gasteiger charge is 2.31. The predicted octanol–water partition coefficient (Wildman–Crippen LogP) is 0.867. The average molecular weight is 169 g/mol. The molecule has 0 aromatic carbocycles. The second-order valence-corrected chi connectivity index (χ2v) is 3.51. The number of ketones is 1. The summed E-state index contributed by atoms with van der Waals surface area (Å²) < 4.78 is 0. The van der Waals surface area contributed by atoms with Crippen molar-refractivity contribution in [2.24, 2.45) is 17.6 Å². The van der Waals surface area contributed by atoms with Gasteiger partial charge in [-0.15, -0.1) is 0 Å². The number of carbonyl (C=O) groups excluding carboxylic acids is 2. The molecular formula is C9H15NO2. The van der Waals surface area contributed by atoms with E-state index in [0.29, 0.717) is 5.92 Å². The molecular weight excluding hydrogens is 154 g/mol. The van der Waals surface area contributed by atoms with Crippen LogP contribution in [0.25, 0.3) is 0 Å². The van der Waals surface area contributed by atoms with Gasteiger partial charge in [-0.05, 0) is 25.2 Å². The molecule has 0 aromatic rings. The zero-order chi connectivity index (χ0) is 9.14. The quantitative estimate of drug-likeness (QED) is 0.637. The standard InChI is InChI=1S/C9H15NO2/c1-2-6-3-4-7(5-6)8(11)9(10)12/h6-7H,2-5H2,1H3,(H2,10,12)/t6-,7?/m1/s1. The summed E-state index contributed by atoms with van der Waals surface area (Å²) in [7, 11) is 0. The lowest BCUT2D eigenvalue weighted by Crippen LogP contribution is -2.28. The second-order valence-electron chi connectivity index (χ2n) is 3.51. The van der Waals surface area contributed by atoms with Crippen molar-refractivity contribution >= 4 is 11.7 Å². The lowest BCUT2D eigenvalue weighted by Gasteiger charge is -2.05. The molecule has 1 fully saturated rings. The molecule has 1 aliphatic carbocycles. The fourth-order valence-corrected chi connectivity index (χ4v) is 1.89. The highest BCUT2D eigenvalue weighted by Crippen LogP contribution is 2.33. The molecule has 1 amide bonds. The molecule has 0 bridgehead atoms. The molecule has 1 unspecified atom stereocenters. The average Bonchev–Trinajstić information content (AvgIpc) is 2.50. The number of amides is 1. The smallest absolute Gasteiger partial charge is 0.285 e. The topological polar surface area (TPSA) is 60.2 Å². The van der Waals surface area contributed by atoms with Crippen LogP contribution in [-0.2, 0) is 9.59 Å². The molecule has 3 heteroatoms. The molecule has 2 atom stereocenters. The normalized spacial score (nSPS) is 28.8. The van der Waals surface area contributed by atoms with Crippen LogP contribution in [0.1, 0.15) is 32.6 Å². The van der Waals surface area contributed by atoms with Gasteiger partial charge in [-0.3, -0.25) is 9.59 Å². The second kappa shape index (κ2) is 3.70. The van der Waals surface area contributed by atoms with Gasteiger partial charge < -0.3 is 5.73 Å². The Morgan fingerprint density at radius 2 is 2.08 bits per heavy atom. The third kappa shape index (κ3) is 1.84. The van der Waals surface area contributed by atoms with Crippen LogP contribution in [0.15, 0.2) is 0 Å². The number of hydrogen-bond acceptors (Lipinski definition) is 2. The lowest BCUT2D eigenvalue weighted by atomic mass is 9.99. The van der Waals surface area contributed by atoms with E-state index >= 15 is 0 Å². The molecule has 2 N–H and O–H groups in total. The number of carbonyl (C=O) groups is 2. The van der Waals surface area contributed by atoms with Gasteiger partial charge in [0.1, 0.15) is 0 Å². The van der Waals surface area contributed by atoms with Gasteiger partial charge >= 0.3 is 0 Å². The number of hydrogen-bond donors (Lipinski definition) is 1. The summed E-state index contributed by atoms with van der Waals surface area (Å²) in [5.41, 5.74) is 4.91. The molecule has 3 nitrogen and oxygen atoms in total. The molecule has 1 saturated carbocycles. The van der Waals surface area contributed by atoms with Gasteiger partial charge in [-0.25, -0.2) is 0 Å². The summed E-state index contributed by atoms with van der Waals surface area (Å²) in [5, 5.41) is 0. The Labute approximate surface area is 72.3 Å². The molecule has 0 spiro atoms. The number of rotatable bonds is 3. The fourth-order valence-electron chi connectivity index (χ4n) is 1.89. The van der Waals surface area contributed by atoms with Crippen LogP contribution in [0.4, 0.5) is 0 Å². The summed E-state index contributed by atoms with van der Waals surface area (Å²) in [6, 6.07) is 0. The van der Waals surface area contributed by atoms with Gasteiger partial charge in [-0.2, -0.15) is 0 Å². The molecule has 1 rings (SSSR count). The van der Waals surface area contributed by atoms with E-state index in [2.05, 4.69) is 6.92 Å². The summed E-state index contributed by atoms with van der Waals surface area (Å²) in [5.74, 6) is -0.589. The van der Waals surface area contributed by atoms with Crippen LogP contribution in [0.3, 0.4) is 0 Å². The van der Waals surface area contributed by atoms with Crippen LogP contribution in [-0.4, -0.2) is 11.7 Å². The van der Waals surface area contributed by atoms with Crippen molar-refractivity contribution in [1.29, 1.82) is 0 Å². The van der Waals surface area contributed by atoms with E-state index in [1.54, 1.807) is 0 Å². The predicted molar refractivity (Wildman–Crippen MR) is 45.3 cm³/mol. The lowest BCUT2D eigenvalue weighted by molar-refractivity contribution is -0.138. The Morgan fingerprint density at radius 1 is 1.42 bits per heavy atom. The van der Waals surface area contributed by atoms with Crippen molar-refractivity contribution in [2.75, 3.05) is 0 Å². The zero-order valence-electron chi connectivity index (χ0n) is 7.38. The van der Waals surface area contributed by atoms with Crippen LogP contribution in [0.2, 0.25) is 0 Å². The Balaban J connectivity index is 2.46. The number of nitrogens with two attached hydrogens (primary N) is 1. The van der Waals surface area contributed by atoms with Crippen LogP contribution < -0.4 is 5.73 Å². The maximum atomic E-state index is 11.1. The number of primary amides is 1. The van der Waals surface area contributed by atoms with Crippen LogP contribution in [0, 0.1) is 11.8 Å². The SMILES string of the molecule is CC[C@@H]1CCC(C(=O)C(N)=O)C1. The third-order valence-electron chi connectivity index (χ3n) is 2.73. The zero-order valence-corrected chi connectivity index (χ0v) is 7.38. The van der Waals surface area contributed by atoms with E-state index in [0.717, 1.165) is 25.7 Å². The number of Topliss-reactive ketones (excluding diaryl/α,β-unsaturated/α-hetero) is 1. The van der Waals surface area contributed by atoms with Crippen molar-refractivity contribution < 1.29 is 9.59 Å². The highest BCUT2D eigenvalue weighted by molar-refractivity contribution is 6.36. The third-order valence-corrected chi connectivity index (χ3v) is 2.73. The van der Waals surface area contributed by atoms with Gasteiger partial charge in [0.15, 0.2) is 0 Å². The molecule has 0 saturated heterocycles. The largest absolute Gasteiger partial charge is 0.363 e. The first-order valence-electron chi connectivity index (χ1n) is 4.48. The summed E-state index contributed by atoms with van der Waals surface area (Å²) >= 11 is 0. The van der Waals surface area contributed by atoms with Crippen molar-refractivity contribution in [2.45, 2.75) is 32.6 Å². The molecule has 0 aromatic heterocycles. The van der Waals surface area contributed by atoms with E-state index < -0.39 is 5.91 Å². The van der Waals surface area contributed by atoms with E-state index in [9.17, 15) is 9.59 Å². The van der Waals surface area contributed by atoms with E-state index in [1.807, 2.05) is 0 Å². The highest BCUT2D eigenvalue weighted by atomic mass is 16.2. The van der Waals surface area contributed by atoms with Gasteiger partial charge in [0, 0.05) is 5.92 Å². The Kier molecular flexibility index (Phi) is 2.84. The molecule has 0 aliphatic heterocycles. The minimum Gasteiger partial charge on any atom is -0.363 e. The van der Waals surface area contributed by atoms with E-state index in [-0.39, 0.29) is 11.7 Å². The molecule has 68 valence electrons. The van der Waals surface area contributed by atoms with Gasteiger partial charge in [0.2, 0.25) is 5.78 Å². The monoisotopic (exact) mass is 169 g/mol. The Morgan fingerprint density at radius 3 is 2.50 bits per heavy atom. The maximum absolute atomic E-state index is 11.1. The summed E-state index contributed by atoms with van der Waals surface area (Å²) in [6.45, 7) is 2.11. The van der Waals surface area contributed by atoms with Crippen molar-refractivity contribution in [3.63, 3.8) is 0 Å². The molecule has 0 radical (unpaired) electrons. The molecule has 0 heterocycles. The van der Waals surface area contributed by atoms with Gasteiger partial charge in [0.25, 0.3) is 5.91 Å².